The van der Waals surface area contributed by atoms with Crippen molar-refractivity contribution in [2.24, 2.45) is 5.73 Å². The van der Waals surface area contributed by atoms with Gasteiger partial charge in [0.15, 0.2) is 5.78 Å². The van der Waals surface area contributed by atoms with Crippen molar-refractivity contribution in [2.45, 2.75) is 13.5 Å². The Labute approximate surface area is 93.7 Å². The number of hydrogen-bond donors (Lipinski definition) is 1. The summed E-state index contributed by atoms with van der Waals surface area (Å²) in [6.07, 6.45) is 3.54. The lowest BCUT2D eigenvalue weighted by Gasteiger charge is -2.05. The van der Waals surface area contributed by atoms with Crippen molar-refractivity contribution in [2.75, 3.05) is 0 Å². The second-order valence-corrected chi connectivity index (χ2v) is 3.57. The van der Waals surface area contributed by atoms with Crippen LogP contribution in [0.4, 0.5) is 0 Å². The first kappa shape index (κ1) is 10.6. The van der Waals surface area contributed by atoms with Gasteiger partial charge >= 0.3 is 0 Å². The Morgan fingerprint density at radius 3 is 2.81 bits per heavy atom. The van der Waals surface area contributed by atoms with E-state index in [4.69, 9.17) is 5.73 Å². The van der Waals surface area contributed by atoms with E-state index in [1.807, 2.05) is 24.4 Å². The number of aromatic nitrogens is 2. The van der Waals surface area contributed by atoms with Crippen LogP contribution >= 0.6 is 0 Å². The van der Waals surface area contributed by atoms with Crippen LogP contribution in [0, 0.1) is 0 Å². The number of Topliss-reactive ketones (excluding diaryl/α,β-unsaturated/α-hetero) is 1. The second-order valence-electron chi connectivity index (χ2n) is 3.57. The van der Waals surface area contributed by atoms with E-state index in [1.165, 1.54) is 0 Å². The van der Waals surface area contributed by atoms with E-state index < -0.39 is 0 Å². The van der Waals surface area contributed by atoms with Crippen LogP contribution in [0.15, 0.2) is 36.7 Å². The molecule has 0 spiro atoms. The number of nitrogens with zero attached hydrogens (tertiary/aromatic N) is 2. The number of hydrogen-bond acceptors (Lipinski definition) is 3. The molecule has 4 heteroatoms. The Bertz CT molecular complexity index is 516. The zero-order chi connectivity index (χ0) is 11.5. The summed E-state index contributed by atoms with van der Waals surface area (Å²) in [5.41, 5.74) is 7.91. The Balaban J connectivity index is 2.50. The van der Waals surface area contributed by atoms with Crippen LogP contribution in [0.2, 0.25) is 0 Å². The maximum atomic E-state index is 11.5. The monoisotopic (exact) mass is 215 g/mol. The third kappa shape index (κ3) is 1.87. The van der Waals surface area contributed by atoms with Gasteiger partial charge in [-0.2, -0.15) is 5.10 Å². The number of nitrogens with two attached hydrogens (primary N) is 1. The van der Waals surface area contributed by atoms with Crippen molar-refractivity contribution < 1.29 is 4.79 Å². The van der Waals surface area contributed by atoms with Crippen LogP contribution < -0.4 is 5.73 Å². The summed E-state index contributed by atoms with van der Waals surface area (Å²) < 4.78 is 1.68. The molecule has 16 heavy (non-hydrogen) atoms. The molecule has 0 saturated heterocycles. The number of carbonyl (C=O) groups is 1. The molecular weight excluding hydrogens is 202 g/mol. The molecule has 4 nitrogen and oxygen atoms in total. The zero-order valence-corrected chi connectivity index (χ0v) is 9.05. The minimum absolute atomic E-state index is 0.0281. The third-order valence-corrected chi connectivity index (χ3v) is 2.40. The fraction of sp³-hybridized carbons (Fsp3) is 0.167. The molecule has 0 fully saturated rings. The van der Waals surface area contributed by atoms with Crippen molar-refractivity contribution in [3.63, 3.8) is 0 Å². The molecule has 2 rings (SSSR count). The minimum atomic E-state index is 0.0281. The van der Waals surface area contributed by atoms with Crippen molar-refractivity contribution in [1.82, 2.24) is 9.78 Å². The molecule has 82 valence electrons. The first-order chi connectivity index (χ1) is 7.72. The molecule has 0 amide bonds. The van der Waals surface area contributed by atoms with Gasteiger partial charge in [-0.1, -0.05) is 12.1 Å². The molecule has 0 radical (unpaired) electrons. The summed E-state index contributed by atoms with van der Waals surface area (Å²) >= 11 is 0. The van der Waals surface area contributed by atoms with E-state index in [-0.39, 0.29) is 5.78 Å². The summed E-state index contributed by atoms with van der Waals surface area (Å²) in [4.78, 5) is 11.5. The highest BCUT2D eigenvalue weighted by molar-refractivity contribution is 5.97. The lowest BCUT2D eigenvalue weighted by Crippen LogP contribution is -2.03. The van der Waals surface area contributed by atoms with Crippen molar-refractivity contribution >= 4 is 5.78 Å². The first-order valence-electron chi connectivity index (χ1n) is 5.06. The number of para-hydroxylation sites is 1. The minimum Gasteiger partial charge on any atom is -0.326 e. The molecule has 1 aromatic carbocycles. The molecular formula is C12H13N3O. The van der Waals surface area contributed by atoms with Gasteiger partial charge in [-0.3, -0.25) is 4.79 Å². The molecule has 0 saturated carbocycles. The summed E-state index contributed by atoms with van der Waals surface area (Å²) in [7, 11) is 0. The lowest BCUT2D eigenvalue weighted by molar-refractivity contribution is 0.101. The SMILES string of the molecule is CC(=O)c1ccccc1-n1cc(CN)cn1. The van der Waals surface area contributed by atoms with Gasteiger partial charge in [-0.25, -0.2) is 4.68 Å². The highest BCUT2D eigenvalue weighted by atomic mass is 16.1. The molecule has 0 unspecified atom stereocenters. The van der Waals surface area contributed by atoms with Crippen molar-refractivity contribution in [3.8, 4) is 5.69 Å². The van der Waals surface area contributed by atoms with E-state index in [0.717, 1.165) is 11.3 Å². The van der Waals surface area contributed by atoms with E-state index in [2.05, 4.69) is 5.10 Å². The summed E-state index contributed by atoms with van der Waals surface area (Å²) in [5.74, 6) is 0.0281. The van der Waals surface area contributed by atoms with Crippen LogP contribution in [-0.4, -0.2) is 15.6 Å². The fourth-order valence-electron chi connectivity index (χ4n) is 1.57. The van der Waals surface area contributed by atoms with Crippen molar-refractivity contribution in [1.29, 1.82) is 0 Å². The number of ketones is 1. The third-order valence-electron chi connectivity index (χ3n) is 2.40. The Morgan fingerprint density at radius 1 is 1.44 bits per heavy atom. The molecule has 2 aromatic rings. The van der Waals surface area contributed by atoms with E-state index >= 15 is 0 Å². The predicted octanol–water partition coefficient (Wildman–Crippen LogP) is 1.53. The summed E-state index contributed by atoms with van der Waals surface area (Å²) in [6.45, 7) is 1.99. The van der Waals surface area contributed by atoms with Crippen LogP contribution in [0.25, 0.3) is 5.69 Å². The first-order valence-corrected chi connectivity index (χ1v) is 5.06. The average molecular weight is 215 g/mol. The average Bonchev–Trinajstić information content (AvgIpc) is 2.77. The van der Waals surface area contributed by atoms with Crippen LogP contribution in [-0.2, 0) is 6.54 Å². The Kier molecular flexibility index (Phi) is 2.83. The van der Waals surface area contributed by atoms with E-state index in [1.54, 1.807) is 23.9 Å². The number of rotatable bonds is 3. The number of benzene rings is 1. The van der Waals surface area contributed by atoms with Gasteiger partial charge in [-0.15, -0.1) is 0 Å². The molecule has 0 aliphatic heterocycles. The van der Waals surface area contributed by atoms with Gasteiger partial charge in [0.2, 0.25) is 0 Å². The second kappa shape index (κ2) is 4.28. The normalized spacial score (nSPS) is 10.4. The largest absolute Gasteiger partial charge is 0.326 e. The topological polar surface area (TPSA) is 60.9 Å². The summed E-state index contributed by atoms with van der Waals surface area (Å²) in [5, 5.41) is 4.18. The zero-order valence-electron chi connectivity index (χ0n) is 9.05. The lowest BCUT2D eigenvalue weighted by atomic mass is 10.1. The maximum Gasteiger partial charge on any atom is 0.161 e. The molecule has 0 aliphatic rings. The van der Waals surface area contributed by atoms with Gasteiger partial charge in [0.25, 0.3) is 0 Å². The van der Waals surface area contributed by atoms with Crippen LogP contribution in [0.5, 0.6) is 0 Å². The molecule has 0 atom stereocenters. The summed E-state index contributed by atoms with van der Waals surface area (Å²) in [6, 6.07) is 7.38. The van der Waals surface area contributed by atoms with Gasteiger partial charge in [0.1, 0.15) is 0 Å². The van der Waals surface area contributed by atoms with Gasteiger partial charge in [0.05, 0.1) is 11.9 Å². The fourth-order valence-corrected chi connectivity index (χ4v) is 1.57. The van der Waals surface area contributed by atoms with E-state index in [0.29, 0.717) is 12.1 Å². The highest BCUT2D eigenvalue weighted by Gasteiger charge is 2.08. The quantitative estimate of drug-likeness (QED) is 0.790. The van der Waals surface area contributed by atoms with Crippen molar-refractivity contribution in [3.05, 3.63) is 47.8 Å². The van der Waals surface area contributed by atoms with Crippen LogP contribution in [0.1, 0.15) is 22.8 Å². The number of carbonyl (C=O) groups excluding carboxylic acids is 1. The molecule has 1 heterocycles. The standard InChI is InChI=1S/C12H13N3O/c1-9(16)11-4-2-3-5-12(11)15-8-10(6-13)7-14-15/h2-5,7-8H,6,13H2,1H3. The van der Waals surface area contributed by atoms with Gasteiger partial charge in [0, 0.05) is 23.9 Å². The Hall–Kier alpha value is -1.94. The smallest absolute Gasteiger partial charge is 0.161 e. The van der Waals surface area contributed by atoms with Crippen LogP contribution in [0.3, 0.4) is 0 Å². The molecule has 1 aromatic heterocycles. The molecule has 0 aliphatic carbocycles. The maximum absolute atomic E-state index is 11.5. The Morgan fingerprint density at radius 2 is 2.19 bits per heavy atom. The van der Waals surface area contributed by atoms with Gasteiger partial charge < -0.3 is 5.73 Å². The highest BCUT2D eigenvalue weighted by Crippen LogP contribution is 2.14. The van der Waals surface area contributed by atoms with Gasteiger partial charge in [-0.05, 0) is 19.1 Å². The predicted molar refractivity (Wildman–Crippen MR) is 61.5 cm³/mol. The van der Waals surface area contributed by atoms with E-state index in [9.17, 15) is 4.79 Å². The molecule has 0 bridgehead atoms. The molecule has 2 N–H and O–H groups in total.